The summed E-state index contributed by atoms with van der Waals surface area (Å²) in [5, 5.41) is 0. The molecule has 0 N–H and O–H groups in total. The van der Waals surface area contributed by atoms with Crippen LogP contribution in [0.15, 0.2) is 75.8 Å². The maximum absolute atomic E-state index is 12.8. The zero-order valence-corrected chi connectivity index (χ0v) is 16.8. The lowest BCUT2D eigenvalue weighted by Gasteiger charge is -2.34. The molecule has 142 valence electrons. The molecule has 1 fully saturated rings. The third kappa shape index (κ3) is 3.87. The standard InChI is InChI=1S/C22H19BrN2O3/c23-20-11-10-19(28-20)22(27)25-14-12-24(13-15-25)21(26)18-8-6-17(7-9-18)16-4-2-1-3-5-16/h1-11H,12-15H2. The van der Waals surface area contributed by atoms with E-state index in [4.69, 9.17) is 4.42 Å². The molecule has 1 saturated heterocycles. The lowest BCUT2D eigenvalue weighted by molar-refractivity contribution is 0.0517. The van der Waals surface area contributed by atoms with Crippen LogP contribution < -0.4 is 0 Å². The fourth-order valence-corrected chi connectivity index (χ4v) is 3.62. The molecule has 1 aliphatic heterocycles. The van der Waals surface area contributed by atoms with Crippen molar-refractivity contribution >= 4 is 27.7 Å². The zero-order valence-electron chi connectivity index (χ0n) is 15.2. The molecular formula is C22H19BrN2O3. The van der Waals surface area contributed by atoms with E-state index in [-0.39, 0.29) is 11.8 Å². The molecule has 2 amide bonds. The number of halogens is 1. The summed E-state index contributed by atoms with van der Waals surface area (Å²) in [6.45, 7) is 2.00. The molecule has 0 aliphatic carbocycles. The normalized spacial score (nSPS) is 14.2. The van der Waals surface area contributed by atoms with Crippen LogP contribution in [0.2, 0.25) is 0 Å². The summed E-state index contributed by atoms with van der Waals surface area (Å²) < 4.78 is 5.87. The molecule has 3 aromatic rings. The van der Waals surface area contributed by atoms with Gasteiger partial charge in [0.25, 0.3) is 11.8 Å². The number of piperazine rings is 1. The van der Waals surface area contributed by atoms with Crippen LogP contribution in [0.1, 0.15) is 20.9 Å². The van der Waals surface area contributed by atoms with Gasteiger partial charge in [0.1, 0.15) is 0 Å². The van der Waals surface area contributed by atoms with Crippen molar-refractivity contribution in [1.82, 2.24) is 9.80 Å². The molecule has 4 rings (SSSR count). The van der Waals surface area contributed by atoms with Crippen molar-refractivity contribution in [2.24, 2.45) is 0 Å². The van der Waals surface area contributed by atoms with Crippen LogP contribution in [0.4, 0.5) is 0 Å². The van der Waals surface area contributed by atoms with Gasteiger partial charge in [-0.2, -0.15) is 0 Å². The van der Waals surface area contributed by atoms with Crippen LogP contribution in [0.5, 0.6) is 0 Å². The number of carbonyl (C=O) groups is 2. The Morgan fingerprint density at radius 2 is 1.29 bits per heavy atom. The van der Waals surface area contributed by atoms with E-state index in [0.29, 0.717) is 42.2 Å². The molecule has 0 saturated carbocycles. The van der Waals surface area contributed by atoms with Crippen LogP contribution in [0, 0.1) is 0 Å². The molecule has 6 heteroatoms. The maximum Gasteiger partial charge on any atom is 0.289 e. The highest BCUT2D eigenvalue weighted by atomic mass is 79.9. The lowest BCUT2D eigenvalue weighted by atomic mass is 10.0. The fraction of sp³-hybridized carbons (Fsp3) is 0.182. The Kier molecular flexibility index (Phi) is 5.30. The van der Waals surface area contributed by atoms with E-state index in [1.807, 2.05) is 54.6 Å². The van der Waals surface area contributed by atoms with Gasteiger partial charge in [0.15, 0.2) is 10.4 Å². The smallest absolute Gasteiger partial charge is 0.289 e. The molecule has 28 heavy (non-hydrogen) atoms. The first kappa shape index (κ1) is 18.5. The fourth-order valence-electron chi connectivity index (χ4n) is 3.32. The Morgan fingerprint density at radius 1 is 0.714 bits per heavy atom. The summed E-state index contributed by atoms with van der Waals surface area (Å²) in [5.74, 6) is 0.153. The number of nitrogens with zero attached hydrogens (tertiary/aromatic N) is 2. The molecule has 1 aliphatic rings. The van der Waals surface area contributed by atoms with Crippen molar-refractivity contribution < 1.29 is 14.0 Å². The largest absolute Gasteiger partial charge is 0.444 e. The lowest BCUT2D eigenvalue weighted by Crippen LogP contribution is -2.50. The van der Waals surface area contributed by atoms with Gasteiger partial charge in [-0.1, -0.05) is 42.5 Å². The third-order valence-electron chi connectivity index (χ3n) is 4.88. The maximum atomic E-state index is 12.8. The Balaban J connectivity index is 1.38. The number of hydrogen-bond donors (Lipinski definition) is 0. The summed E-state index contributed by atoms with van der Waals surface area (Å²) in [5.41, 5.74) is 2.87. The highest BCUT2D eigenvalue weighted by molar-refractivity contribution is 9.10. The van der Waals surface area contributed by atoms with Crippen LogP contribution in [0.25, 0.3) is 11.1 Å². The van der Waals surface area contributed by atoms with Crippen molar-refractivity contribution in [3.8, 4) is 11.1 Å². The first-order valence-electron chi connectivity index (χ1n) is 9.11. The highest BCUT2D eigenvalue weighted by Gasteiger charge is 2.26. The summed E-state index contributed by atoms with van der Waals surface area (Å²) in [6.07, 6.45) is 0. The monoisotopic (exact) mass is 438 g/mol. The van der Waals surface area contributed by atoms with Crippen LogP contribution in [0.3, 0.4) is 0 Å². The third-order valence-corrected chi connectivity index (χ3v) is 5.30. The minimum absolute atomic E-state index is 0.00699. The molecule has 0 radical (unpaired) electrons. The van der Waals surface area contributed by atoms with Gasteiger partial charge in [-0.25, -0.2) is 0 Å². The molecule has 2 aromatic carbocycles. The Morgan fingerprint density at radius 3 is 1.86 bits per heavy atom. The van der Waals surface area contributed by atoms with E-state index in [1.54, 1.807) is 21.9 Å². The predicted molar refractivity (Wildman–Crippen MR) is 110 cm³/mol. The highest BCUT2D eigenvalue weighted by Crippen LogP contribution is 2.21. The number of benzene rings is 2. The predicted octanol–water partition coefficient (Wildman–Crippen LogP) is 4.31. The second-order valence-corrected chi connectivity index (χ2v) is 7.41. The van der Waals surface area contributed by atoms with E-state index in [9.17, 15) is 9.59 Å². The van der Waals surface area contributed by atoms with E-state index < -0.39 is 0 Å². The van der Waals surface area contributed by atoms with Gasteiger partial charge in [0.2, 0.25) is 0 Å². The van der Waals surface area contributed by atoms with Gasteiger partial charge in [0.05, 0.1) is 0 Å². The Bertz CT molecular complexity index is 975. The van der Waals surface area contributed by atoms with Crippen molar-refractivity contribution in [3.05, 3.63) is 82.7 Å². The number of carbonyl (C=O) groups excluding carboxylic acids is 2. The summed E-state index contributed by atoms with van der Waals surface area (Å²) in [7, 11) is 0. The minimum Gasteiger partial charge on any atom is -0.444 e. The topological polar surface area (TPSA) is 53.8 Å². The minimum atomic E-state index is -0.148. The molecule has 0 unspecified atom stereocenters. The second kappa shape index (κ2) is 8.02. The molecule has 5 nitrogen and oxygen atoms in total. The summed E-state index contributed by atoms with van der Waals surface area (Å²) >= 11 is 3.21. The van der Waals surface area contributed by atoms with Crippen molar-refractivity contribution in [2.75, 3.05) is 26.2 Å². The van der Waals surface area contributed by atoms with Gasteiger partial charge >= 0.3 is 0 Å². The SMILES string of the molecule is O=C(c1ccc(-c2ccccc2)cc1)N1CCN(C(=O)c2ccc(Br)o2)CC1. The number of rotatable bonds is 3. The summed E-state index contributed by atoms with van der Waals surface area (Å²) in [6, 6.07) is 21.1. The molecular weight excluding hydrogens is 420 g/mol. The number of furan rings is 1. The van der Waals surface area contributed by atoms with Crippen LogP contribution in [-0.2, 0) is 0 Å². The van der Waals surface area contributed by atoms with Crippen molar-refractivity contribution in [1.29, 1.82) is 0 Å². The van der Waals surface area contributed by atoms with Crippen LogP contribution >= 0.6 is 15.9 Å². The van der Waals surface area contributed by atoms with E-state index in [0.717, 1.165) is 11.1 Å². The number of amides is 2. The second-order valence-electron chi connectivity index (χ2n) is 6.63. The molecule has 2 heterocycles. The quantitative estimate of drug-likeness (QED) is 0.612. The Hall–Kier alpha value is -2.86. The van der Waals surface area contributed by atoms with Crippen LogP contribution in [-0.4, -0.2) is 47.8 Å². The van der Waals surface area contributed by atoms with E-state index in [1.165, 1.54) is 0 Å². The van der Waals surface area contributed by atoms with Gasteiger partial charge in [-0.3, -0.25) is 9.59 Å². The van der Waals surface area contributed by atoms with Crippen molar-refractivity contribution in [3.63, 3.8) is 0 Å². The molecule has 0 spiro atoms. The van der Waals surface area contributed by atoms with Gasteiger partial charge < -0.3 is 14.2 Å². The molecule has 0 atom stereocenters. The Labute approximate surface area is 171 Å². The average molecular weight is 439 g/mol. The number of hydrogen-bond acceptors (Lipinski definition) is 3. The summed E-state index contributed by atoms with van der Waals surface area (Å²) in [4.78, 5) is 28.7. The first-order chi connectivity index (χ1) is 13.6. The molecule has 0 bridgehead atoms. The molecule has 1 aromatic heterocycles. The first-order valence-corrected chi connectivity index (χ1v) is 9.90. The van der Waals surface area contributed by atoms with E-state index >= 15 is 0 Å². The van der Waals surface area contributed by atoms with Gasteiger partial charge in [-0.15, -0.1) is 0 Å². The van der Waals surface area contributed by atoms with Crippen molar-refractivity contribution in [2.45, 2.75) is 0 Å². The van der Waals surface area contributed by atoms with Gasteiger partial charge in [0, 0.05) is 31.7 Å². The average Bonchev–Trinajstić information content (AvgIpc) is 3.20. The van der Waals surface area contributed by atoms with Gasteiger partial charge in [-0.05, 0) is 51.3 Å². The van der Waals surface area contributed by atoms with E-state index in [2.05, 4.69) is 15.9 Å². The zero-order chi connectivity index (χ0) is 19.5.